The Hall–Kier alpha value is -2.32. The van der Waals surface area contributed by atoms with Crippen LogP contribution in [0.1, 0.15) is 34.6 Å². The zero-order valence-corrected chi connectivity index (χ0v) is 10.3. The minimum Gasteiger partial charge on any atom is -0.478 e. The Labute approximate surface area is 110 Å². The third-order valence-electron chi connectivity index (χ3n) is 2.55. The SMILES string of the molecule is CCc1nc(Cn2cc(C(=O)O)c(C(F)(F)F)c2)no1. The molecule has 0 saturated carbocycles. The fourth-order valence-corrected chi connectivity index (χ4v) is 1.66. The summed E-state index contributed by atoms with van der Waals surface area (Å²) in [5, 5.41) is 12.4. The molecule has 2 heterocycles. The van der Waals surface area contributed by atoms with Gasteiger partial charge in [0, 0.05) is 18.8 Å². The number of halogens is 3. The van der Waals surface area contributed by atoms with Gasteiger partial charge in [0.1, 0.15) is 0 Å². The number of aromatic nitrogens is 3. The van der Waals surface area contributed by atoms with Crippen LogP contribution in [0.2, 0.25) is 0 Å². The van der Waals surface area contributed by atoms with E-state index in [1.54, 1.807) is 6.92 Å². The van der Waals surface area contributed by atoms with E-state index in [4.69, 9.17) is 9.63 Å². The average Bonchev–Trinajstić information content (AvgIpc) is 2.95. The second kappa shape index (κ2) is 4.99. The van der Waals surface area contributed by atoms with Crippen LogP contribution < -0.4 is 0 Å². The maximum atomic E-state index is 12.7. The van der Waals surface area contributed by atoms with E-state index < -0.39 is 23.3 Å². The number of carboxylic acid groups (broad SMARTS) is 1. The molecule has 6 nitrogen and oxygen atoms in total. The number of hydrogen-bond acceptors (Lipinski definition) is 4. The number of alkyl halides is 3. The summed E-state index contributed by atoms with van der Waals surface area (Å²) in [4.78, 5) is 14.8. The largest absolute Gasteiger partial charge is 0.478 e. The Morgan fingerprint density at radius 3 is 2.60 bits per heavy atom. The summed E-state index contributed by atoms with van der Waals surface area (Å²) in [6.45, 7) is 1.69. The van der Waals surface area contributed by atoms with Gasteiger partial charge < -0.3 is 14.2 Å². The Balaban J connectivity index is 2.31. The van der Waals surface area contributed by atoms with E-state index in [0.29, 0.717) is 18.5 Å². The first-order chi connectivity index (χ1) is 9.31. The topological polar surface area (TPSA) is 81.2 Å². The number of carboxylic acids is 1. The maximum Gasteiger partial charge on any atom is 0.418 e. The van der Waals surface area contributed by atoms with Crippen LogP contribution >= 0.6 is 0 Å². The molecule has 0 radical (unpaired) electrons. The molecule has 0 aliphatic carbocycles. The molecule has 2 rings (SSSR count). The lowest BCUT2D eigenvalue weighted by atomic mass is 10.2. The van der Waals surface area contributed by atoms with Crippen molar-refractivity contribution in [3.05, 3.63) is 35.2 Å². The standard InChI is InChI=1S/C11H10F3N3O3/c1-2-9-15-8(16-20-9)5-17-3-6(10(18)19)7(4-17)11(12,13)14/h3-4H,2,5H2,1H3,(H,18,19). The van der Waals surface area contributed by atoms with Gasteiger partial charge in [-0.2, -0.15) is 18.2 Å². The van der Waals surface area contributed by atoms with Gasteiger partial charge in [-0.1, -0.05) is 12.1 Å². The van der Waals surface area contributed by atoms with Crippen LogP contribution in [0.25, 0.3) is 0 Å². The summed E-state index contributed by atoms with van der Waals surface area (Å²) in [5.74, 6) is -1.09. The van der Waals surface area contributed by atoms with Crippen molar-refractivity contribution in [1.29, 1.82) is 0 Å². The second-order valence-electron chi connectivity index (χ2n) is 4.02. The Kier molecular flexibility index (Phi) is 3.51. The van der Waals surface area contributed by atoms with Crippen LogP contribution in [0.4, 0.5) is 13.2 Å². The van der Waals surface area contributed by atoms with Gasteiger partial charge in [-0.15, -0.1) is 0 Å². The Morgan fingerprint density at radius 2 is 2.15 bits per heavy atom. The van der Waals surface area contributed by atoms with Gasteiger partial charge in [-0.05, 0) is 0 Å². The quantitative estimate of drug-likeness (QED) is 0.933. The molecule has 0 unspecified atom stereocenters. The molecular formula is C11H10F3N3O3. The molecule has 0 aliphatic rings. The van der Waals surface area contributed by atoms with Gasteiger partial charge in [0.05, 0.1) is 17.7 Å². The van der Waals surface area contributed by atoms with E-state index in [0.717, 1.165) is 10.8 Å². The molecule has 0 fully saturated rings. The Bertz CT molecular complexity index is 630. The number of hydrogen-bond donors (Lipinski definition) is 1. The van der Waals surface area contributed by atoms with Crippen LogP contribution in [0.15, 0.2) is 16.9 Å². The van der Waals surface area contributed by atoms with Gasteiger partial charge >= 0.3 is 12.1 Å². The van der Waals surface area contributed by atoms with Crippen molar-refractivity contribution in [2.75, 3.05) is 0 Å². The zero-order chi connectivity index (χ0) is 14.9. The van der Waals surface area contributed by atoms with Crippen molar-refractivity contribution in [2.24, 2.45) is 0 Å². The van der Waals surface area contributed by atoms with Crippen LogP contribution in [0, 0.1) is 0 Å². The summed E-state index contributed by atoms with van der Waals surface area (Å²) >= 11 is 0. The highest BCUT2D eigenvalue weighted by molar-refractivity contribution is 5.89. The lowest BCUT2D eigenvalue weighted by Gasteiger charge is -2.04. The van der Waals surface area contributed by atoms with Crippen LogP contribution in [-0.4, -0.2) is 25.8 Å². The molecule has 20 heavy (non-hydrogen) atoms. The fourth-order valence-electron chi connectivity index (χ4n) is 1.66. The summed E-state index contributed by atoms with van der Waals surface area (Å²) in [6.07, 6.45) is -2.61. The van der Waals surface area contributed by atoms with Gasteiger partial charge in [-0.25, -0.2) is 4.79 Å². The van der Waals surface area contributed by atoms with Crippen molar-refractivity contribution >= 4 is 5.97 Å². The molecule has 2 aromatic rings. The van der Waals surface area contributed by atoms with Gasteiger partial charge in [0.2, 0.25) is 5.89 Å². The first kappa shape index (κ1) is 14.1. The van der Waals surface area contributed by atoms with E-state index >= 15 is 0 Å². The minimum absolute atomic E-state index is 0.0974. The summed E-state index contributed by atoms with van der Waals surface area (Å²) in [7, 11) is 0. The molecule has 108 valence electrons. The Morgan fingerprint density at radius 1 is 1.45 bits per heavy atom. The number of carbonyl (C=O) groups is 1. The first-order valence-corrected chi connectivity index (χ1v) is 5.63. The molecule has 0 aliphatic heterocycles. The summed E-state index contributed by atoms with van der Waals surface area (Å²) in [6, 6.07) is 0. The van der Waals surface area contributed by atoms with Crippen molar-refractivity contribution in [2.45, 2.75) is 26.1 Å². The molecule has 0 saturated heterocycles. The highest BCUT2D eigenvalue weighted by Gasteiger charge is 2.37. The van der Waals surface area contributed by atoms with E-state index in [-0.39, 0.29) is 12.4 Å². The molecule has 0 spiro atoms. The van der Waals surface area contributed by atoms with E-state index in [2.05, 4.69) is 10.1 Å². The van der Waals surface area contributed by atoms with Gasteiger partial charge in [0.15, 0.2) is 5.82 Å². The number of aryl methyl sites for hydroxylation is 1. The predicted molar refractivity (Wildman–Crippen MR) is 59.2 cm³/mol. The molecule has 0 bridgehead atoms. The van der Waals surface area contributed by atoms with Crippen LogP contribution in [0.5, 0.6) is 0 Å². The van der Waals surface area contributed by atoms with Crippen molar-refractivity contribution in [1.82, 2.24) is 14.7 Å². The molecule has 2 aromatic heterocycles. The normalized spacial score (nSPS) is 11.8. The lowest BCUT2D eigenvalue weighted by Crippen LogP contribution is -2.09. The fraction of sp³-hybridized carbons (Fsp3) is 0.364. The molecule has 0 amide bonds. The van der Waals surface area contributed by atoms with Gasteiger partial charge in [0.25, 0.3) is 0 Å². The predicted octanol–water partition coefficient (Wildman–Crippen LogP) is 2.20. The molecule has 0 aromatic carbocycles. The average molecular weight is 289 g/mol. The number of aromatic carboxylic acids is 1. The lowest BCUT2D eigenvalue weighted by molar-refractivity contribution is -0.138. The molecule has 9 heteroatoms. The van der Waals surface area contributed by atoms with Crippen molar-refractivity contribution in [3.63, 3.8) is 0 Å². The summed E-state index contributed by atoms with van der Waals surface area (Å²) in [5.41, 5.74) is -2.01. The number of nitrogens with zero attached hydrogens (tertiary/aromatic N) is 3. The number of rotatable bonds is 4. The van der Waals surface area contributed by atoms with Gasteiger partial charge in [-0.3, -0.25) is 0 Å². The van der Waals surface area contributed by atoms with Crippen molar-refractivity contribution in [3.8, 4) is 0 Å². The van der Waals surface area contributed by atoms with E-state index in [1.165, 1.54) is 0 Å². The highest BCUT2D eigenvalue weighted by atomic mass is 19.4. The summed E-state index contributed by atoms with van der Waals surface area (Å²) < 4.78 is 44.0. The van der Waals surface area contributed by atoms with Crippen LogP contribution in [-0.2, 0) is 19.1 Å². The minimum atomic E-state index is -4.73. The molecular weight excluding hydrogens is 279 g/mol. The second-order valence-corrected chi connectivity index (χ2v) is 4.02. The maximum absolute atomic E-state index is 12.7. The third-order valence-corrected chi connectivity index (χ3v) is 2.55. The third kappa shape index (κ3) is 2.81. The monoisotopic (exact) mass is 289 g/mol. The first-order valence-electron chi connectivity index (χ1n) is 5.63. The van der Waals surface area contributed by atoms with E-state index in [9.17, 15) is 18.0 Å². The van der Waals surface area contributed by atoms with E-state index in [1.807, 2.05) is 0 Å². The molecule has 1 N–H and O–H groups in total. The van der Waals surface area contributed by atoms with Crippen LogP contribution in [0.3, 0.4) is 0 Å². The highest BCUT2D eigenvalue weighted by Crippen LogP contribution is 2.32. The zero-order valence-electron chi connectivity index (χ0n) is 10.3. The smallest absolute Gasteiger partial charge is 0.418 e. The molecule has 0 atom stereocenters. The van der Waals surface area contributed by atoms with Crippen molar-refractivity contribution < 1.29 is 27.6 Å².